The lowest BCUT2D eigenvalue weighted by atomic mass is 10.2. The second kappa shape index (κ2) is 6.02. The highest BCUT2D eigenvalue weighted by atomic mass is 32.1. The first-order chi connectivity index (χ1) is 9.08. The third-order valence-corrected chi connectivity index (χ3v) is 4.29. The van der Waals surface area contributed by atoms with E-state index in [2.05, 4.69) is 9.98 Å². The number of benzene rings is 1. The maximum absolute atomic E-state index is 11.4. The Kier molecular flexibility index (Phi) is 4.37. The first kappa shape index (κ1) is 13.8. The number of hydrogen-bond donors (Lipinski definition) is 1. The zero-order chi connectivity index (χ0) is 13.8. The topological polar surface area (TPSA) is 65.8 Å². The van der Waals surface area contributed by atoms with E-state index in [4.69, 9.17) is 0 Å². The standard InChI is InChI=1S/C12H12N3O2PS/c1-15(2)8-13-12-14-10(11(19-12)18(16)17)9-6-4-3-5-7-9/h3-8H,1-2H3/p+1. The van der Waals surface area contributed by atoms with E-state index in [0.717, 1.165) is 16.9 Å². The van der Waals surface area contributed by atoms with Gasteiger partial charge in [-0.3, -0.25) is 0 Å². The van der Waals surface area contributed by atoms with Gasteiger partial charge in [-0.05, 0) is 15.9 Å². The predicted molar refractivity (Wildman–Crippen MR) is 78.8 cm³/mol. The molecule has 0 aliphatic rings. The summed E-state index contributed by atoms with van der Waals surface area (Å²) in [6, 6.07) is 9.34. The van der Waals surface area contributed by atoms with E-state index < -0.39 is 8.03 Å². The summed E-state index contributed by atoms with van der Waals surface area (Å²) < 4.78 is 11.8. The molecule has 98 valence electrons. The normalized spacial score (nSPS) is 11.8. The highest BCUT2D eigenvalue weighted by molar-refractivity contribution is 7.57. The zero-order valence-corrected chi connectivity index (χ0v) is 12.2. The number of aromatic nitrogens is 1. The van der Waals surface area contributed by atoms with Gasteiger partial charge in [-0.15, -0.1) is 0 Å². The van der Waals surface area contributed by atoms with Gasteiger partial charge in [0.15, 0.2) is 0 Å². The predicted octanol–water partition coefficient (Wildman–Crippen LogP) is 2.39. The molecule has 0 saturated carbocycles. The summed E-state index contributed by atoms with van der Waals surface area (Å²) in [6.45, 7) is 0. The molecule has 19 heavy (non-hydrogen) atoms. The van der Waals surface area contributed by atoms with Gasteiger partial charge in [-0.1, -0.05) is 30.3 Å². The highest BCUT2D eigenvalue weighted by Gasteiger charge is 2.28. The van der Waals surface area contributed by atoms with E-state index in [1.54, 1.807) is 11.2 Å². The molecule has 1 aromatic heterocycles. The van der Waals surface area contributed by atoms with Crippen molar-refractivity contribution in [3.05, 3.63) is 30.3 Å². The van der Waals surface area contributed by atoms with Crippen molar-refractivity contribution in [3.63, 3.8) is 0 Å². The molecular formula is C12H13N3O2PS+. The Balaban J connectivity index is 2.45. The fraction of sp³-hybridized carbons (Fsp3) is 0.167. The average molecular weight is 294 g/mol. The maximum atomic E-state index is 11.4. The fourth-order valence-corrected chi connectivity index (χ4v) is 3.02. The molecule has 0 aliphatic carbocycles. The van der Waals surface area contributed by atoms with E-state index in [9.17, 15) is 9.46 Å². The molecule has 7 heteroatoms. The molecule has 5 nitrogen and oxygen atoms in total. The quantitative estimate of drug-likeness (QED) is 0.534. The Hall–Kier alpha value is -1.62. The fourth-order valence-electron chi connectivity index (χ4n) is 1.43. The SMILES string of the molecule is CN(C)C=Nc1nc(-c2ccccc2)c([P+](=O)O)s1. The van der Waals surface area contributed by atoms with Crippen LogP contribution in [0.4, 0.5) is 5.13 Å². The van der Waals surface area contributed by atoms with Crippen LogP contribution in [0.15, 0.2) is 35.3 Å². The molecule has 0 saturated heterocycles. The van der Waals surface area contributed by atoms with Crippen LogP contribution in [0.25, 0.3) is 11.3 Å². The molecule has 0 radical (unpaired) electrons. The number of thiazole rings is 1. The molecule has 0 aliphatic heterocycles. The van der Waals surface area contributed by atoms with Crippen LogP contribution in [0.1, 0.15) is 0 Å². The van der Waals surface area contributed by atoms with E-state index in [-0.39, 0.29) is 0 Å². The lowest BCUT2D eigenvalue weighted by molar-refractivity contribution is 0.514. The van der Waals surface area contributed by atoms with Gasteiger partial charge >= 0.3 is 12.6 Å². The minimum atomic E-state index is -2.43. The minimum Gasteiger partial charge on any atom is -0.369 e. The summed E-state index contributed by atoms with van der Waals surface area (Å²) in [4.78, 5) is 19.6. The molecule has 1 heterocycles. The van der Waals surface area contributed by atoms with Crippen LogP contribution in [0.3, 0.4) is 0 Å². The molecule has 0 bridgehead atoms. The van der Waals surface area contributed by atoms with Crippen LogP contribution in [0.5, 0.6) is 0 Å². The van der Waals surface area contributed by atoms with Crippen molar-refractivity contribution in [2.24, 2.45) is 4.99 Å². The van der Waals surface area contributed by atoms with Crippen LogP contribution in [0, 0.1) is 0 Å². The summed E-state index contributed by atoms with van der Waals surface area (Å²) >= 11 is 1.14. The van der Waals surface area contributed by atoms with Gasteiger partial charge in [0.25, 0.3) is 0 Å². The van der Waals surface area contributed by atoms with Crippen molar-refractivity contribution in [2.75, 3.05) is 14.1 Å². The van der Waals surface area contributed by atoms with Crippen LogP contribution >= 0.6 is 19.4 Å². The molecule has 1 N–H and O–H groups in total. The molecule has 2 rings (SSSR count). The van der Waals surface area contributed by atoms with E-state index in [1.807, 2.05) is 44.4 Å². The zero-order valence-electron chi connectivity index (χ0n) is 10.5. The Morgan fingerprint density at radius 1 is 1.37 bits per heavy atom. The summed E-state index contributed by atoms with van der Waals surface area (Å²) in [5, 5.41) is 0.472. The lowest BCUT2D eigenvalue weighted by Gasteiger charge is -1.99. The first-order valence-corrected chi connectivity index (χ1v) is 7.54. The molecule has 1 unspecified atom stereocenters. The van der Waals surface area contributed by atoms with Gasteiger partial charge in [-0.2, -0.15) is 4.89 Å². The monoisotopic (exact) mass is 294 g/mol. The van der Waals surface area contributed by atoms with Crippen molar-refractivity contribution < 1.29 is 9.46 Å². The van der Waals surface area contributed by atoms with Gasteiger partial charge < -0.3 is 4.90 Å². The lowest BCUT2D eigenvalue weighted by Crippen LogP contribution is -2.06. The molecule has 0 amide bonds. The van der Waals surface area contributed by atoms with Crippen LogP contribution < -0.4 is 4.62 Å². The molecule has 0 fully saturated rings. The number of aliphatic imine (C=N–C) groups is 1. The Bertz CT molecular complexity index is 611. The Morgan fingerprint density at radius 2 is 2.05 bits per heavy atom. The third-order valence-electron chi connectivity index (χ3n) is 2.22. The largest absolute Gasteiger partial charge is 0.559 e. The number of nitrogens with zero attached hydrogens (tertiary/aromatic N) is 3. The summed E-state index contributed by atoms with van der Waals surface area (Å²) in [7, 11) is 1.27. The summed E-state index contributed by atoms with van der Waals surface area (Å²) in [5.41, 5.74) is 1.34. The van der Waals surface area contributed by atoms with E-state index >= 15 is 0 Å². The van der Waals surface area contributed by atoms with Gasteiger partial charge in [0.1, 0.15) is 5.69 Å². The highest BCUT2D eigenvalue weighted by Crippen LogP contribution is 2.32. The van der Waals surface area contributed by atoms with Crippen molar-refractivity contribution in [1.29, 1.82) is 0 Å². The Labute approximate surface area is 116 Å². The second-order valence-corrected chi connectivity index (χ2v) is 6.27. The summed E-state index contributed by atoms with van der Waals surface area (Å²) in [5.74, 6) is 0. The van der Waals surface area contributed by atoms with Crippen LogP contribution in [-0.4, -0.2) is 35.2 Å². The first-order valence-electron chi connectivity index (χ1n) is 5.51. The van der Waals surface area contributed by atoms with Gasteiger partial charge in [0.2, 0.25) is 5.13 Å². The third kappa shape index (κ3) is 3.44. The minimum absolute atomic E-state index is 0.354. The molecular weight excluding hydrogens is 281 g/mol. The van der Waals surface area contributed by atoms with Crippen molar-refractivity contribution in [2.45, 2.75) is 0 Å². The summed E-state index contributed by atoms with van der Waals surface area (Å²) in [6.07, 6.45) is 1.61. The second-order valence-electron chi connectivity index (χ2n) is 4.00. The maximum Gasteiger partial charge on any atom is 0.559 e. The van der Waals surface area contributed by atoms with Gasteiger partial charge in [0, 0.05) is 19.7 Å². The van der Waals surface area contributed by atoms with Crippen LogP contribution in [-0.2, 0) is 4.57 Å². The molecule has 0 spiro atoms. The van der Waals surface area contributed by atoms with Gasteiger partial charge in [0.05, 0.1) is 6.34 Å². The van der Waals surface area contributed by atoms with E-state index in [0.29, 0.717) is 15.4 Å². The van der Waals surface area contributed by atoms with Crippen molar-refractivity contribution >= 4 is 35.5 Å². The number of hydrogen-bond acceptors (Lipinski definition) is 4. The van der Waals surface area contributed by atoms with Crippen molar-refractivity contribution in [3.8, 4) is 11.3 Å². The number of rotatable bonds is 4. The molecule has 2 aromatic rings. The van der Waals surface area contributed by atoms with E-state index in [1.165, 1.54) is 0 Å². The van der Waals surface area contributed by atoms with Crippen molar-refractivity contribution in [1.82, 2.24) is 9.88 Å². The van der Waals surface area contributed by atoms with Gasteiger partial charge in [-0.25, -0.2) is 9.98 Å². The molecule has 1 aromatic carbocycles. The molecule has 1 atom stereocenters. The van der Waals surface area contributed by atoms with Crippen LogP contribution in [0.2, 0.25) is 0 Å². The Morgan fingerprint density at radius 3 is 2.63 bits per heavy atom. The average Bonchev–Trinajstić information content (AvgIpc) is 2.82. The smallest absolute Gasteiger partial charge is 0.369 e.